The van der Waals surface area contributed by atoms with Gasteiger partial charge in [-0.1, -0.05) is 6.92 Å². The summed E-state index contributed by atoms with van der Waals surface area (Å²) in [7, 11) is -3.58. The van der Waals surface area contributed by atoms with Crippen LogP contribution in [0.5, 0.6) is 5.88 Å². The molecule has 3 heterocycles. The molecule has 10 nitrogen and oxygen atoms in total. The molecule has 11 heteroatoms. The van der Waals surface area contributed by atoms with Gasteiger partial charge in [-0.05, 0) is 49.1 Å². The van der Waals surface area contributed by atoms with Crippen molar-refractivity contribution < 1.29 is 18.8 Å². The van der Waals surface area contributed by atoms with Crippen molar-refractivity contribution in [1.29, 1.82) is 0 Å². The third kappa shape index (κ3) is 3.17. The van der Waals surface area contributed by atoms with Gasteiger partial charge in [-0.15, -0.1) is 4.36 Å². The summed E-state index contributed by atoms with van der Waals surface area (Å²) in [6.07, 6.45) is 5.15. The van der Waals surface area contributed by atoms with E-state index in [-0.39, 0.29) is 23.9 Å². The highest BCUT2D eigenvalue weighted by Gasteiger charge is 2.31. The highest BCUT2D eigenvalue weighted by molar-refractivity contribution is 7.91. The van der Waals surface area contributed by atoms with Crippen LogP contribution in [-0.2, 0) is 35.7 Å². The van der Waals surface area contributed by atoms with Crippen LogP contribution < -0.4 is 15.2 Å². The number of urea groups is 1. The fourth-order valence-corrected chi connectivity index (χ4v) is 5.52. The largest absolute Gasteiger partial charge is 0.474 e. The molecule has 2 amide bonds. The maximum atomic E-state index is 13.1. The van der Waals surface area contributed by atoms with E-state index in [1.807, 2.05) is 0 Å². The van der Waals surface area contributed by atoms with Gasteiger partial charge in [0.25, 0.3) is 0 Å². The van der Waals surface area contributed by atoms with E-state index in [1.165, 1.54) is 10.9 Å². The average molecular weight is 433 g/mol. The van der Waals surface area contributed by atoms with Crippen LogP contribution in [0.15, 0.2) is 15.5 Å². The van der Waals surface area contributed by atoms with E-state index < -0.39 is 22.1 Å². The molecule has 5 rings (SSSR count). The number of nitrogens with zero attached hydrogens (tertiary/aromatic N) is 4. The Morgan fingerprint density at radius 3 is 3.07 bits per heavy atom. The standard InChI is InChI=1S/C19H24N6O4S/c1-10-5-6-13-16(10)22-14-4-2-3-12(14)17(13)23-19(27)24-30(20,28)15-7-21-25-8-11(26)9-29-18(15)25/h7,10-11,26H,2-6,8-9H2,1H3,(H3,20,22,23,24,27,28). The van der Waals surface area contributed by atoms with Crippen molar-refractivity contribution in [2.75, 3.05) is 11.9 Å². The molecule has 0 spiro atoms. The number of aliphatic hydroxyl groups is 1. The number of amides is 2. The molecule has 160 valence electrons. The monoisotopic (exact) mass is 432 g/mol. The molecular formula is C19H24N6O4S. The summed E-state index contributed by atoms with van der Waals surface area (Å²) in [5.74, 6) is 0.521. The predicted molar refractivity (Wildman–Crippen MR) is 109 cm³/mol. The number of aryl methyl sites for hydroxylation is 1. The topological polar surface area (TPSA) is 145 Å². The fourth-order valence-electron chi connectivity index (χ4n) is 4.52. The summed E-state index contributed by atoms with van der Waals surface area (Å²) in [6.45, 7) is 2.38. The van der Waals surface area contributed by atoms with Crippen LogP contribution in [0.4, 0.5) is 10.5 Å². The molecule has 0 fully saturated rings. The summed E-state index contributed by atoms with van der Waals surface area (Å²) < 4.78 is 23.6. The van der Waals surface area contributed by atoms with Crippen LogP contribution in [0.3, 0.4) is 0 Å². The third-order valence-electron chi connectivity index (χ3n) is 5.97. The van der Waals surface area contributed by atoms with Gasteiger partial charge in [0.15, 0.2) is 9.92 Å². The second-order valence-electron chi connectivity index (χ2n) is 8.12. The van der Waals surface area contributed by atoms with E-state index in [4.69, 9.17) is 14.9 Å². The quantitative estimate of drug-likeness (QED) is 0.656. The molecule has 0 saturated carbocycles. The van der Waals surface area contributed by atoms with Crippen LogP contribution in [0, 0.1) is 0 Å². The first kappa shape index (κ1) is 19.5. The first-order valence-electron chi connectivity index (χ1n) is 10.1. The average Bonchev–Trinajstić information content (AvgIpc) is 3.40. The van der Waals surface area contributed by atoms with Crippen molar-refractivity contribution in [3.8, 4) is 5.88 Å². The summed E-state index contributed by atoms with van der Waals surface area (Å²) in [5.41, 5.74) is 4.93. The van der Waals surface area contributed by atoms with E-state index in [2.05, 4.69) is 21.7 Å². The summed E-state index contributed by atoms with van der Waals surface area (Å²) in [4.78, 5) is 17.6. The fraction of sp³-hybridized carbons (Fsp3) is 0.526. The molecule has 1 aliphatic heterocycles. The predicted octanol–water partition coefficient (Wildman–Crippen LogP) is 1.50. The number of hydrogen-bond acceptors (Lipinski definition) is 6. The van der Waals surface area contributed by atoms with Crippen molar-refractivity contribution in [2.24, 2.45) is 9.50 Å². The zero-order chi connectivity index (χ0) is 21.0. The van der Waals surface area contributed by atoms with E-state index in [1.54, 1.807) is 0 Å². The van der Waals surface area contributed by atoms with Crippen molar-refractivity contribution in [1.82, 2.24) is 14.8 Å². The second kappa shape index (κ2) is 7.03. The normalized spacial score (nSPS) is 23.7. The first-order chi connectivity index (χ1) is 14.3. The Hall–Kier alpha value is -2.50. The minimum atomic E-state index is -3.58. The van der Waals surface area contributed by atoms with Crippen LogP contribution in [0.25, 0.3) is 0 Å². The number of hydrogen-bond donors (Lipinski definition) is 3. The number of pyridine rings is 1. The van der Waals surface area contributed by atoms with Gasteiger partial charge < -0.3 is 15.2 Å². The Bertz CT molecular complexity index is 1170. The molecule has 0 radical (unpaired) electrons. The van der Waals surface area contributed by atoms with Gasteiger partial charge >= 0.3 is 6.03 Å². The van der Waals surface area contributed by atoms with Gasteiger partial charge in [0.2, 0.25) is 5.88 Å². The number of aromatic nitrogens is 3. The highest BCUT2D eigenvalue weighted by atomic mass is 32.2. The zero-order valence-electron chi connectivity index (χ0n) is 16.6. The second-order valence-corrected chi connectivity index (χ2v) is 9.88. The molecule has 3 unspecified atom stereocenters. The summed E-state index contributed by atoms with van der Waals surface area (Å²) >= 11 is 0. The van der Waals surface area contributed by atoms with Gasteiger partial charge in [-0.3, -0.25) is 4.98 Å². The Morgan fingerprint density at radius 2 is 2.23 bits per heavy atom. The Kier molecular flexibility index (Phi) is 4.56. The molecule has 3 aliphatic rings. The van der Waals surface area contributed by atoms with E-state index in [9.17, 15) is 14.1 Å². The molecule has 3 atom stereocenters. The Morgan fingerprint density at radius 1 is 1.40 bits per heavy atom. The smallest absolute Gasteiger partial charge is 0.354 e. The lowest BCUT2D eigenvalue weighted by molar-refractivity contribution is 0.0538. The third-order valence-corrected chi connectivity index (χ3v) is 7.32. The van der Waals surface area contributed by atoms with Gasteiger partial charge in [-0.25, -0.2) is 18.8 Å². The lowest BCUT2D eigenvalue weighted by Gasteiger charge is -2.20. The zero-order valence-corrected chi connectivity index (χ0v) is 17.4. The lowest BCUT2D eigenvalue weighted by atomic mass is 10.0. The minimum absolute atomic E-state index is 0.0356. The van der Waals surface area contributed by atoms with E-state index >= 15 is 0 Å². The van der Waals surface area contributed by atoms with Crippen LogP contribution in [-0.4, -0.2) is 42.8 Å². The highest BCUT2D eigenvalue weighted by Crippen LogP contribution is 2.41. The number of rotatable bonds is 2. The Labute approximate surface area is 174 Å². The molecule has 2 aromatic rings. The first-order valence-corrected chi connectivity index (χ1v) is 11.7. The van der Waals surface area contributed by atoms with Crippen molar-refractivity contribution in [3.63, 3.8) is 0 Å². The maximum absolute atomic E-state index is 13.1. The summed E-state index contributed by atoms with van der Waals surface area (Å²) in [6, 6.07) is -0.764. The van der Waals surface area contributed by atoms with E-state index in [0.29, 0.717) is 5.92 Å². The van der Waals surface area contributed by atoms with Gasteiger partial charge in [0.1, 0.15) is 17.6 Å². The molecule has 4 N–H and O–H groups in total. The molecule has 2 aromatic heterocycles. The molecule has 0 bridgehead atoms. The van der Waals surface area contributed by atoms with Gasteiger partial charge in [-0.2, -0.15) is 5.10 Å². The van der Waals surface area contributed by atoms with Crippen molar-refractivity contribution in [3.05, 3.63) is 28.7 Å². The number of carbonyl (C=O) groups is 1. The number of fused-ring (bicyclic) bond motifs is 3. The summed E-state index contributed by atoms with van der Waals surface area (Å²) in [5, 5.41) is 22.5. The molecule has 2 aliphatic carbocycles. The number of ether oxygens (including phenoxy) is 1. The van der Waals surface area contributed by atoms with Crippen molar-refractivity contribution >= 4 is 21.6 Å². The molecular weight excluding hydrogens is 408 g/mol. The van der Waals surface area contributed by atoms with Crippen LogP contribution in [0.2, 0.25) is 0 Å². The van der Waals surface area contributed by atoms with Gasteiger partial charge in [0, 0.05) is 11.4 Å². The van der Waals surface area contributed by atoms with Crippen LogP contribution >= 0.6 is 0 Å². The number of nitrogens with one attached hydrogen (secondary N) is 1. The molecule has 0 saturated heterocycles. The van der Waals surface area contributed by atoms with Crippen LogP contribution in [0.1, 0.15) is 48.2 Å². The number of nitrogens with two attached hydrogens (primary N) is 1. The number of carbonyl (C=O) groups excluding carboxylic acids is 1. The number of aliphatic hydroxyl groups excluding tert-OH is 1. The minimum Gasteiger partial charge on any atom is -0.474 e. The molecule has 30 heavy (non-hydrogen) atoms. The molecule has 0 aromatic carbocycles. The van der Waals surface area contributed by atoms with E-state index in [0.717, 1.165) is 60.3 Å². The number of anilines is 1. The SMILES string of the molecule is CC1CCc2c1nc1c(c2NC(=O)N=S(N)(=O)c2cnn3c2OCC(O)C3)CCC1. The maximum Gasteiger partial charge on any atom is 0.354 e. The Balaban J connectivity index is 1.48. The lowest BCUT2D eigenvalue weighted by Crippen LogP contribution is -2.31. The van der Waals surface area contributed by atoms with Gasteiger partial charge in [0.05, 0.1) is 18.4 Å². The van der Waals surface area contributed by atoms with Crippen molar-refractivity contribution in [2.45, 2.75) is 62.5 Å².